The topological polar surface area (TPSA) is 55.4 Å². The standard InChI is InChI=1S/C22H24F3NO3/c1-12(2)11-29-21(28)18-13(3)26-16-9-6-10-17(27)20(16)19(18)14-7-4-5-8-15(14)22(23,24)25/h4-5,7-8,12,19,26H,6,9-11H2,1-3H3/t19-/m0/s1. The summed E-state index contributed by atoms with van der Waals surface area (Å²) < 4.78 is 46.6. The van der Waals surface area contributed by atoms with Crippen LogP contribution < -0.4 is 5.32 Å². The van der Waals surface area contributed by atoms with Crippen LogP contribution in [0.15, 0.2) is 46.8 Å². The predicted octanol–water partition coefficient (Wildman–Crippen LogP) is 4.87. The molecule has 1 heterocycles. The minimum atomic E-state index is -4.61. The highest BCUT2D eigenvalue weighted by Crippen LogP contribution is 2.46. The van der Waals surface area contributed by atoms with Crippen molar-refractivity contribution in [2.75, 3.05) is 6.61 Å². The summed E-state index contributed by atoms with van der Waals surface area (Å²) in [7, 11) is 0. The summed E-state index contributed by atoms with van der Waals surface area (Å²) >= 11 is 0. The molecule has 29 heavy (non-hydrogen) atoms. The first-order chi connectivity index (χ1) is 13.6. The molecule has 1 atom stereocenters. The summed E-state index contributed by atoms with van der Waals surface area (Å²) in [6.45, 7) is 5.52. The Labute approximate surface area is 167 Å². The molecule has 1 aliphatic carbocycles. The summed E-state index contributed by atoms with van der Waals surface area (Å²) in [5, 5.41) is 3.08. The number of ketones is 1. The zero-order valence-corrected chi connectivity index (χ0v) is 16.7. The lowest BCUT2D eigenvalue weighted by Gasteiger charge is -2.35. The first-order valence-electron chi connectivity index (χ1n) is 9.68. The maximum absolute atomic E-state index is 13.8. The maximum Gasteiger partial charge on any atom is 0.416 e. The van der Waals surface area contributed by atoms with Crippen molar-refractivity contribution in [3.63, 3.8) is 0 Å². The quantitative estimate of drug-likeness (QED) is 0.724. The predicted molar refractivity (Wildman–Crippen MR) is 102 cm³/mol. The van der Waals surface area contributed by atoms with Gasteiger partial charge in [-0.05, 0) is 37.3 Å². The van der Waals surface area contributed by atoms with Crippen LogP contribution in [0.3, 0.4) is 0 Å². The van der Waals surface area contributed by atoms with Crippen LogP contribution in [0.5, 0.6) is 0 Å². The van der Waals surface area contributed by atoms with Gasteiger partial charge in [0.25, 0.3) is 0 Å². The maximum atomic E-state index is 13.8. The van der Waals surface area contributed by atoms with E-state index >= 15 is 0 Å². The zero-order valence-electron chi connectivity index (χ0n) is 16.7. The molecule has 3 rings (SSSR count). The van der Waals surface area contributed by atoms with Gasteiger partial charge in [0.1, 0.15) is 0 Å². The summed E-state index contributed by atoms with van der Waals surface area (Å²) in [5.41, 5.74) is 0.390. The third-order valence-corrected chi connectivity index (χ3v) is 5.12. The molecule has 0 bridgehead atoms. The summed E-state index contributed by atoms with van der Waals surface area (Å²) in [6, 6.07) is 5.12. The van der Waals surface area contributed by atoms with Crippen LogP contribution in [0, 0.1) is 5.92 Å². The molecule has 0 saturated heterocycles. The SMILES string of the molecule is CC1=C(C(=O)OCC(C)C)[C@H](c2ccccc2C(F)(F)F)C2=C(CCCC2=O)N1. The van der Waals surface area contributed by atoms with Crippen molar-refractivity contribution in [3.05, 3.63) is 57.9 Å². The molecule has 2 aliphatic rings. The molecule has 0 saturated carbocycles. The molecular formula is C22H24F3NO3. The van der Waals surface area contributed by atoms with E-state index in [0.717, 1.165) is 6.07 Å². The van der Waals surface area contributed by atoms with E-state index in [1.54, 1.807) is 6.92 Å². The van der Waals surface area contributed by atoms with Gasteiger partial charge in [0.15, 0.2) is 5.78 Å². The fourth-order valence-corrected chi connectivity index (χ4v) is 3.89. The van der Waals surface area contributed by atoms with E-state index in [2.05, 4.69) is 5.32 Å². The van der Waals surface area contributed by atoms with E-state index < -0.39 is 23.6 Å². The Kier molecular flexibility index (Phi) is 5.87. The van der Waals surface area contributed by atoms with Gasteiger partial charge in [-0.15, -0.1) is 0 Å². The second-order valence-corrected chi connectivity index (χ2v) is 7.84. The van der Waals surface area contributed by atoms with E-state index in [0.29, 0.717) is 24.2 Å². The summed E-state index contributed by atoms with van der Waals surface area (Å²) in [5.74, 6) is -1.96. The first-order valence-corrected chi connectivity index (χ1v) is 9.68. The fraction of sp³-hybridized carbons (Fsp3) is 0.455. The lowest BCUT2D eigenvalue weighted by atomic mass is 9.74. The number of benzene rings is 1. The molecule has 1 aromatic rings. The van der Waals surface area contributed by atoms with Gasteiger partial charge in [0, 0.05) is 29.3 Å². The number of carbonyl (C=O) groups is 2. The number of dihydropyridines is 1. The normalized spacial score (nSPS) is 20.0. The van der Waals surface area contributed by atoms with E-state index in [9.17, 15) is 22.8 Å². The van der Waals surface area contributed by atoms with Crippen LogP contribution in [0.2, 0.25) is 0 Å². The van der Waals surface area contributed by atoms with Crippen LogP contribution >= 0.6 is 0 Å². The van der Waals surface area contributed by atoms with Gasteiger partial charge >= 0.3 is 12.1 Å². The highest BCUT2D eigenvalue weighted by molar-refractivity contribution is 6.03. The highest BCUT2D eigenvalue weighted by Gasteiger charge is 2.43. The number of nitrogens with one attached hydrogen (secondary N) is 1. The monoisotopic (exact) mass is 407 g/mol. The molecule has 156 valence electrons. The van der Waals surface area contributed by atoms with E-state index in [1.807, 2.05) is 13.8 Å². The first kappa shape index (κ1) is 21.1. The molecule has 0 amide bonds. The Morgan fingerprint density at radius 2 is 1.93 bits per heavy atom. The van der Waals surface area contributed by atoms with Gasteiger partial charge in [-0.25, -0.2) is 4.79 Å². The van der Waals surface area contributed by atoms with Gasteiger partial charge in [-0.2, -0.15) is 13.2 Å². The van der Waals surface area contributed by atoms with Crippen molar-refractivity contribution in [2.24, 2.45) is 5.92 Å². The third kappa shape index (κ3) is 4.23. The zero-order chi connectivity index (χ0) is 21.3. The number of Topliss-reactive ketones (excluding diaryl/α,β-unsaturated/α-hetero) is 1. The molecule has 0 spiro atoms. The number of halogens is 3. The average Bonchev–Trinajstić information content (AvgIpc) is 2.64. The van der Waals surface area contributed by atoms with Crippen molar-refractivity contribution < 1.29 is 27.5 Å². The van der Waals surface area contributed by atoms with Crippen molar-refractivity contribution in [1.29, 1.82) is 0 Å². The van der Waals surface area contributed by atoms with Gasteiger partial charge in [-0.3, -0.25) is 4.79 Å². The van der Waals surface area contributed by atoms with Gasteiger partial charge < -0.3 is 10.1 Å². The second kappa shape index (κ2) is 8.05. The minimum Gasteiger partial charge on any atom is -0.462 e. The molecule has 4 nitrogen and oxygen atoms in total. The summed E-state index contributed by atoms with van der Waals surface area (Å²) in [6.07, 6.45) is -3.19. The number of esters is 1. The molecule has 7 heteroatoms. The number of hydrogen-bond acceptors (Lipinski definition) is 4. The Morgan fingerprint density at radius 1 is 1.24 bits per heavy atom. The molecule has 1 aromatic carbocycles. The van der Waals surface area contributed by atoms with Crippen LogP contribution in [0.4, 0.5) is 13.2 Å². The lowest BCUT2D eigenvalue weighted by molar-refractivity contribution is -0.141. The van der Waals surface area contributed by atoms with Gasteiger partial charge in [-0.1, -0.05) is 32.0 Å². The smallest absolute Gasteiger partial charge is 0.416 e. The van der Waals surface area contributed by atoms with Crippen molar-refractivity contribution >= 4 is 11.8 Å². The Hall–Kier alpha value is -2.57. The number of allylic oxidation sites excluding steroid dienone is 3. The largest absolute Gasteiger partial charge is 0.462 e. The molecular weight excluding hydrogens is 383 g/mol. The lowest BCUT2D eigenvalue weighted by Crippen LogP contribution is -2.35. The van der Waals surface area contributed by atoms with Crippen LogP contribution in [0.1, 0.15) is 57.1 Å². The molecule has 0 radical (unpaired) electrons. The van der Waals surface area contributed by atoms with E-state index in [4.69, 9.17) is 4.74 Å². The highest BCUT2D eigenvalue weighted by atomic mass is 19.4. The molecule has 0 fully saturated rings. The number of ether oxygens (including phenoxy) is 1. The fourth-order valence-electron chi connectivity index (χ4n) is 3.89. The Bertz CT molecular complexity index is 897. The Balaban J connectivity index is 2.19. The third-order valence-electron chi connectivity index (χ3n) is 5.12. The molecule has 1 N–H and O–H groups in total. The second-order valence-electron chi connectivity index (χ2n) is 7.84. The Morgan fingerprint density at radius 3 is 2.59 bits per heavy atom. The van der Waals surface area contributed by atoms with E-state index in [1.165, 1.54) is 18.2 Å². The number of hydrogen-bond donors (Lipinski definition) is 1. The van der Waals surface area contributed by atoms with Crippen LogP contribution in [0.25, 0.3) is 0 Å². The van der Waals surface area contributed by atoms with Gasteiger partial charge in [0.05, 0.1) is 17.7 Å². The summed E-state index contributed by atoms with van der Waals surface area (Å²) in [4.78, 5) is 25.7. The number of alkyl halides is 3. The van der Waals surface area contributed by atoms with Crippen molar-refractivity contribution in [1.82, 2.24) is 5.32 Å². The van der Waals surface area contributed by atoms with Crippen molar-refractivity contribution in [2.45, 2.75) is 52.1 Å². The van der Waals surface area contributed by atoms with Crippen LogP contribution in [-0.2, 0) is 20.5 Å². The molecule has 1 aliphatic heterocycles. The molecule has 0 unspecified atom stereocenters. The van der Waals surface area contributed by atoms with E-state index in [-0.39, 0.29) is 41.4 Å². The minimum absolute atomic E-state index is 0.0661. The van der Waals surface area contributed by atoms with Crippen molar-refractivity contribution in [3.8, 4) is 0 Å². The van der Waals surface area contributed by atoms with Crippen LogP contribution in [-0.4, -0.2) is 18.4 Å². The number of rotatable bonds is 4. The average molecular weight is 407 g/mol. The number of carbonyl (C=O) groups excluding carboxylic acids is 2. The van der Waals surface area contributed by atoms with Gasteiger partial charge in [0.2, 0.25) is 0 Å². The molecule has 0 aromatic heterocycles.